The number of esters is 1. The summed E-state index contributed by atoms with van der Waals surface area (Å²) < 4.78 is 4.92. The van der Waals surface area contributed by atoms with E-state index in [1.54, 1.807) is 36.0 Å². The van der Waals surface area contributed by atoms with Gasteiger partial charge in [0.2, 0.25) is 24.1 Å². The first kappa shape index (κ1) is 44.1. The Balaban J connectivity index is -0.00000139. The van der Waals surface area contributed by atoms with Crippen molar-refractivity contribution in [3.8, 4) is 0 Å². The average molecular weight is 626 g/mol. The van der Waals surface area contributed by atoms with E-state index in [0.29, 0.717) is 12.1 Å². The van der Waals surface area contributed by atoms with Gasteiger partial charge in [0, 0.05) is 19.0 Å². The lowest BCUT2D eigenvalue weighted by atomic mass is 10.0. The van der Waals surface area contributed by atoms with Crippen LogP contribution >= 0.6 is 11.8 Å². The van der Waals surface area contributed by atoms with Crippen molar-refractivity contribution in [2.45, 2.75) is 86.3 Å². The molecule has 0 aliphatic rings. The molecule has 4 amide bonds. The number of ether oxygens (including phenoxy) is 1. The molecule has 1 unspecified atom stereocenters. The molecule has 0 heterocycles. The molecule has 0 aliphatic heterocycles. The number of benzene rings is 1. The number of unbranched alkanes of at least 4 members (excludes halogenated alkanes) is 2. The van der Waals surface area contributed by atoms with Crippen molar-refractivity contribution in [3.05, 3.63) is 41.8 Å². The van der Waals surface area contributed by atoms with Crippen LogP contribution in [-0.4, -0.2) is 62.0 Å². The lowest BCUT2D eigenvalue weighted by molar-refractivity contribution is -0.142. The number of carbonyl (C=O) groups excluding carboxylic acids is 5. The third-order valence-electron chi connectivity index (χ3n) is 5.15. The number of anilines is 1. The second-order valence-electron chi connectivity index (χ2n) is 9.12. The molecule has 1 rings (SSSR count). The Hall–Kier alpha value is -3.38. The molecule has 0 radical (unpaired) electrons. The highest BCUT2D eigenvalue weighted by Crippen LogP contribution is 2.11. The molecule has 12 heteroatoms. The van der Waals surface area contributed by atoms with Crippen molar-refractivity contribution in [3.63, 3.8) is 0 Å². The van der Waals surface area contributed by atoms with Crippen LogP contribution in [0.5, 0.6) is 0 Å². The lowest BCUT2D eigenvalue weighted by Crippen LogP contribution is -2.51. The van der Waals surface area contributed by atoms with Crippen LogP contribution in [0, 0.1) is 5.92 Å². The smallest absolute Gasteiger partial charge is 0.302 e. The first-order valence-electron chi connectivity index (χ1n) is 14.7. The molecular weight excluding hydrogens is 570 g/mol. The van der Waals surface area contributed by atoms with E-state index in [9.17, 15) is 19.2 Å². The molecular formula is C31H55N5O6S. The summed E-state index contributed by atoms with van der Waals surface area (Å²) in [6.45, 7) is 15.9. The van der Waals surface area contributed by atoms with Crippen LogP contribution in [0.2, 0.25) is 0 Å². The van der Waals surface area contributed by atoms with Crippen molar-refractivity contribution in [2.75, 3.05) is 31.2 Å². The van der Waals surface area contributed by atoms with Gasteiger partial charge in [-0.15, -0.1) is 11.8 Å². The maximum atomic E-state index is 12.5. The number of nitrogens with two attached hydrogens (primary N) is 1. The second-order valence-corrected chi connectivity index (χ2v) is 10.2. The summed E-state index contributed by atoms with van der Waals surface area (Å²) in [6.07, 6.45) is 4.57. The molecule has 0 aliphatic carbocycles. The number of hydrogen-bond donors (Lipinski definition) is 5. The molecule has 11 nitrogen and oxygen atoms in total. The zero-order valence-electron chi connectivity index (χ0n) is 27.1. The molecule has 0 spiro atoms. The molecule has 246 valence electrons. The number of primary amides is 1. The summed E-state index contributed by atoms with van der Waals surface area (Å²) in [4.78, 5) is 56.4. The van der Waals surface area contributed by atoms with Gasteiger partial charge >= 0.3 is 5.97 Å². The van der Waals surface area contributed by atoms with E-state index in [1.807, 2.05) is 40.2 Å². The number of rotatable bonds is 17. The Labute approximate surface area is 262 Å². The predicted molar refractivity (Wildman–Crippen MR) is 177 cm³/mol. The van der Waals surface area contributed by atoms with E-state index in [1.165, 1.54) is 13.3 Å². The Morgan fingerprint density at radius 3 is 2.12 bits per heavy atom. The third kappa shape index (κ3) is 28.5. The number of amides is 4. The number of thioether (sulfide) groups is 1. The van der Waals surface area contributed by atoms with Crippen molar-refractivity contribution in [2.24, 2.45) is 11.7 Å². The van der Waals surface area contributed by atoms with E-state index in [4.69, 9.17) is 9.53 Å². The summed E-state index contributed by atoms with van der Waals surface area (Å²) in [5, 5.41) is 12.9. The summed E-state index contributed by atoms with van der Waals surface area (Å²) in [5.74, 6) is -0.445. The Morgan fingerprint density at radius 2 is 1.65 bits per heavy atom. The van der Waals surface area contributed by atoms with Gasteiger partial charge in [-0.2, -0.15) is 0 Å². The molecule has 0 saturated carbocycles. The zero-order valence-corrected chi connectivity index (χ0v) is 27.9. The Kier molecular flexibility index (Phi) is 32.3. The predicted octanol–water partition coefficient (Wildman–Crippen LogP) is 4.13. The molecule has 1 atom stereocenters. The Morgan fingerprint density at radius 1 is 1.05 bits per heavy atom. The van der Waals surface area contributed by atoms with Gasteiger partial charge in [-0.25, -0.2) is 0 Å². The van der Waals surface area contributed by atoms with E-state index < -0.39 is 11.9 Å². The minimum absolute atomic E-state index is 0.120. The molecule has 6 N–H and O–H groups in total. The van der Waals surface area contributed by atoms with Gasteiger partial charge in [-0.3, -0.25) is 24.0 Å². The number of carbonyl (C=O) groups is 5. The van der Waals surface area contributed by atoms with Gasteiger partial charge < -0.3 is 31.7 Å². The fourth-order valence-electron chi connectivity index (χ4n) is 3.11. The summed E-state index contributed by atoms with van der Waals surface area (Å²) >= 11 is 1.66. The second kappa shape index (κ2) is 31.6. The van der Waals surface area contributed by atoms with E-state index in [-0.39, 0.29) is 43.3 Å². The largest absolute Gasteiger partial charge is 0.461 e. The van der Waals surface area contributed by atoms with Crippen LogP contribution in [0.4, 0.5) is 5.69 Å². The fourth-order valence-corrected chi connectivity index (χ4v) is 3.65. The summed E-state index contributed by atoms with van der Waals surface area (Å²) in [5.41, 5.74) is 5.52. The molecule has 0 saturated heterocycles. The van der Waals surface area contributed by atoms with E-state index in [2.05, 4.69) is 40.5 Å². The molecule has 43 heavy (non-hydrogen) atoms. The maximum absolute atomic E-state index is 12.5. The standard InChI is InChI=1S/C24H35N3O5S.C4H11N.C2H6.CH3NO/c1-5-33-14-8-6-7-9-21(29)27-23(17(2)3)24(31)25-15-22(30)26-20-12-10-19(11-13-20)16-32-18(4)28;1-3-4-5-2;1-2;2-1-3/h5,10-13,17,23H,1,6-9,14-16H2,2-4H3,(H,25,31)(H,26,30)(H,27,29);5H,3-4H2,1-2H3;1-2H3;1H,(H2,2,3). The quantitative estimate of drug-likeness (QED) is 0.0978. The van der Waals surface area contributed by atoms with Crippen LogP contribution in [0.25, 0.3) is 0 Å². The van der Waals surface area contributed by atoms with Crippen LogP contribution < -0.4 is 27.0 Å². The highest BCUT2D eigenvalue weighted by Gasteiger charge is 2.24. The van der Waals surface area contributed by atoms with Gasteiger partial charge in [-0.05, 0) is 67.6 Å². The third-order valence-corrected chi connectivity index (χ3v) is 5.91. The minimum Gasteiger partial charge on any atom is -0.461 e. The normalized spacial score (nSPS) is 10.1. The fraction of sp³-hybridized carbons (Fsp3) is 0.581. The molecule has 0 bridgehead atoms. The highest BCUT2D eigenvalue weighted by molar-refractivity contribution is 8.02. The maximum Gasteiger partial charge on any atom is 0.302 e. The first-order valence-corrected chi connectivity index (χ1v) is 15.7. The van der Waals surface area contributed by atoms with Crippen molar-refractivity contribution in [1.29, 1.82) is 0 Å². The van der Waals surface area contributed by atoms with Gasteiger partial charge in [0.15, 0.2) is 0 Å². The van der Waals surface area contributed by atoms with E-state index in [0.717, 1.165) is 37.1 Å². The van der Waals surface area contributed by atoms with E-state index >= 15 is 0 Å². The zero-order chi connectivity index (χ0) is 33.5. The van der Waals surface area contributed by atoms with Crippen molar-refractivity contribution >= 4 is 47.6 Å². The summed E-state index contributed by atoms with van der Waals surface area (Å²) in [6, 6.07) is 6.14. The van der Waals surface area contributed by atoms with Crippen molar-refractivity contribution < 1.29 is 28.7 Å². The first-order chi connectivity index (χ1) is 20.6. The van der Waals surface area contributed by atoms with Gasteiger partial charge in [0.1, 0.15) is 12.6 Å². The molecule has 0 fully saturated rings. The molecule has 1 aromatic rings. The average Bonchev–Trinajstić information content (AvgIpc) is 2.98. The van der Waals surface area contributed by atoms with Crippen molar-refractivity contribution in [1.82, 2.24) is 16.0 Å². The minimum atomic E-state index is -0.706. The van der Waals surface area contributed by atoms with Crippen LogP contribution in [0.3, 0.4) is 0 Å². The topological polar surface area (TPSA) is 169 Å². The Bertz CT molecular complexity index is 895. The number of hydrogen-bond acceptors (Lipinski definition) is 8. The van der Waals surface area contributed by atoms with Crippen LogP contribution in [-0.2, 0) is 35.3 Å². The van der Waals surface area contributed by atoms with Crippen LogP contribution in [0.1, 0.15) is 79.2 Å². The lowest BCUT2D eigenvalue weighted by Gasteiger charge is -2.21. The molecule has 0 aromatic heterocycles. The molecule has 1 aromatic carbocycles. The van der Waals surface area contributed by atoms with Gasteiger partial charge in [0.05, 0.1) is 6.54 Å². The van der Waals surface area contributed by atoms with Crippen LogP contribution in [0.15, 0.2) is 36.3 Å². The highest BCUT2D eigenvalue weighted by atomic mass is 32.2. The SMILES string of the molecule is C=CSCCCCCC(=O)NC(C(=O)NCC(=O)Nc1ccc(COC(C)=O)cc1)C(C)C.CC.CCCNC.NC=O. The van der Waals surface area contributed by atoms with Gasteiger partial charge in [-0.1, -0.05) is 59.8 Å². The van der Waals surface area contributed by atoms with Gasteiger partial charge in [0.25, 0.3) is 0 Å². The number of nitrogens with one attached hydrogen (secondary N) is 4. The summed E-state index contributed by atoms with van der Waals surface area (Å²) in [7, 11) is 1.96. The monoisotopic (exact) mass is 625 g/mol.